The Bertz CT molecular complexity index is 627. The first kappa shape index (κ1) is 18.3. The molecule has 0 spiro atoms. The second-order valence-corrected chi connectivity index (χ2v) is 5.00. The molecule has 0 bridgehead atoms. The van der Waals surface area contributed by atoms with Crippen LogP contribution >= 0.6 is 12.4 Å². The average molecular weight is 323 g/mol. The maximum absolute atomic E-state index is 12.2. The Hall–Kier alpha value is -1.78. The fourth-order valence-electron chi connectivity index (χ4n) is 2.37. The van der Waals surface area contributed by atoms with Crippen molar-refractivity contribution in [3.05, 3.63) is 42.0 Å². The number of carbonyl (C=O) groups is 1. The Kier molecular flexibility index (Phi) is 7.15. The number of phenols is 1. The molecule has 0 aromatic heterocycles. The minimum absolute atomic E-state index is 0. The summed E-state index contributed by atoms with van der Waals surface area (Å²) in [4.78, 5) is 14.4. The van der Waals surface area contributed by atoms with Crippen LogP contribution in [0, 0.1) is 0 Å². The fraction of sp³-hybridized carbons (Fsp3) is 0.353. The van der Waals surface area contributed by atoms with Crippen LogP contribution in [0.4, 0.5) is 0 Å². The lowest BCUT2D eigenvalue weighted by Gasteiger charge is -2.18. The number of carbonyl (C=O) groups excluding carboxylic acids is 1. The maximum atomic E-state index is 12.2. The normalized spacial score (nSPS) is 10.5. The van der Waals surface area contributed by atoms with Gasteiger partial charge in [-0.2, -0.15) is 0 Å². The van der Waals surface area contributed by atoms with Crippen LogP contribution in [0.5, 0.6) is 5.75 Å². The molecule has 120 valence electrons. The van der Waals surface area contributed by atoms with Gasteiger partial charge in [0.15, 0.2) is 0 Å². The minimum atomic E-state index is -0.231. The summed E-state index contributed by atoms with van der Waals surface area (Å²) in [6.45, 7) is 7.52. The number of hydrogen-bond donors (Lipinski definition) is 2. The van der Waals surface area contributed by atoms with Gasteiger partial charge in [0.2, 0.25) is 0 Å². The lowest BCUT2D eigenvalue weighted by Crippen LogP contribution is -2.34. The fourth-order valence-corrected chi connectivity index (χ4v) is 2.37. The Morgan fingerprint density at radius 2 is 1.73 bits per heavy atom. The van der Waals surface area contributed by atoms with Crippen LogP contribution in [-0.4, -0.2) is 42.1 Å². The van der Waals surface area contributed by atoms with E-state index in [2.05, 4.69) is 24.1 Å². The molecule has 22 heavy (non-hydrogen) atoms. The van der Waals surface area contributed by atoms with Crippen LogP contribution in [0.3, 0.4) is 0 Å². The first-order valence-electron chi connectivity index (χ1n) is 7.38. The van der Waals surface area contributed by atoms with Crippen LogP contribution in [0.25, 0.3) is 10.8 Å². The first-order valence-corrected chi connectivity index (χ1v) is 7.38. The van der Waals surface area contributed by atoms with E-state index >= 15 is 0 Å². The number of hydrogen-bond acceptors (Lipinski definition) is 3. The van der Waals surface area contributed by atoms with E-state index in [0.29, 0.717) is 12.1 Å². The molecule has 0 aliphatic rings. The summed E-state index contributed by atoms with van der Waals surface area (Å²) in [5.74, 6) is -0.209. The summed E-state index contributed by atoms with van der Waals surface area (Å²) in [6.07, 6.45) is 0. The molecule has 0 heterocycles. The van der Waals surface area contributed by atoms with Gasteiger partial charge in [-0.1, -0.05) is 38.1 Å². The highest BCUT2D eigenvalue weighted by Crippen LogP contribution is 2.24. The number of likely N-dealkylation sites (N-methyl/N-ethyl adjacent to an activating group) is 1. The van der Waals surface area contributed by atoms with Crippen molar-refractivity contribution in [2.45, 2.75) is 13.8 Å². The lowest BCUT2D eigenvalue weighted by atomic mass is 10.1. The van der Waals surface area contributed by atoms with Crippen molar-refractivity contribution in [2.24, 2.45) is 0 Å². The Morgan fingerprint density at radius 1 is 1.14 bits per heavy atom. The van der Waals surface area contributed by atoms with E-state index in [1.807, 2.05) is 24.3 Å². The number of aromatic hydroxyl groups is 1. The minimum Gasteiger partial charge on any atom is -0.507 e. The summed E-state index contributed by atoms with van der Waals surface area (Å²) in [6, 6.07) is 11.0. The van der Waals surface area contributed by atoms with E-state index in [1.54, 1.807) is 12.1 Å². The van der Waals surface area contributed by atoms with E-state index in [-0.39, 0.29) is 24.1 Å². The SMILES string of the molecule is CCN(CC)CCNC(=O)c1cc2ccccc2cc1O.Cl. The maximum Gasteiger partial charge on any atom is 0.255 e. The van der Waals surface area contributed by atoms with E-state index in [1.165, 1.54) is 0 Å². The third-order valence-electron chi connectivity index (χ3n) is 3.72. The van der Waals surface area contributed by atoms with Gasteiger partial charge < -0.3 is 15.3 Å². The predicted molar refractivity (Wildman–Crippen MR) is 93.0 cm³/mol. The van der Waals surface area contributed by atoms with Crippen LogP contribution in [0.2, 0.25) is 0 Å². The number of benzene rings is 2. The Labute approximate surface area is 137 Å². The molecule has 0 atom stereocenters. The third kappa shape index (κ3) is 4.36. The molecule has 2 aromatic rings. The monoisotopic (exact) mass is 322 g/mol. The summed E-state index contributed by atoms with van der Waals surface area (Å²) in [5.41, 5.74) is 0.327. The molecular weight excluding hydrogens is 300 g/mol. The Morgan fingerprint density at radius 3 is 2.32 bits per heavy atom. The zero-order valence-electron chi connectivity index (χ0n) is 13.0. The van der Waals surface area contributed by atoms with E-state index in [0.717, 1.165) is 30.4 Å². The van der Waals surface area contributed by atoms with Crippen molar-refractivity contribution < 1.29 is 9.90 Å². The second-order valence-electron chi connectivity index (χ2n) is 5.00. The van der Waals surface area contributed by atoms with Crippen molar-refractivity contribution in [2.75, 3.05) is 26.2 Å². The van der Waals surface area contributed by atoms with Crippen LogP contribution < -0.4 is 5.32 Å². The highest BCUT2D eigenvalue weighted by molar-refractivity contribution is 6.01. The molecule has 0 unspecified atom stereocenters. The molecule has 5 heteroatoms. The smallest absolute Gasteiger partial charge is 0.255 e. The van der Waals surface area contributed by atoms with Gasteiger partial charge in [0.1, 0.15) is 5.75 Å². The van der Waals surface area contributed by atoms with Crippen LogP contribution in [-0.2, 0) is 0 Å². The van der Waals surface area contributed by atoms with E-state index in [9.17, 15) is 9.90 Å². The number of nitrogens with zero attached hydrogens (tertiary/aromatic N) is 1. The molecule has 0 aliphatic carbocycles. The number of phenolic OH excluding ortho intramolecular Hbond substituents is 1. The van der Waals surface area contributed by atoms with Crippen LogP contribution in [0.1, 0.15) is 24.2 Å². The standard InChI is InChI=1S/C17H22N2O2.ClH/c1-3-19(4-2)10-9-18-17(21)15-11-13-7-5-6-8-14(13)12-16(15)20;/h5-8,11-12,20H,3-4,9-10H2,1-2H3,(H,18,21);1H. The summed E-state index contributed by atoms with van der Waals surface area (Å²) < 4.78 is 0. The highest BCUT2D eigenvalue weighted by atomic mass is 35.5. The molecule has 0 saturated heterocycles. The van der Waals surface area contributed by atoms with Crippen molar-refractivity contribution in [3.8, 4) is 5.75 Å². The number of amides is 1. The molecule has 1 amide bonds. The van der Waals surface area contributed by atoms with Gasteiger partial charge in [0.25, 0.3) is 5.91 Å². The molecule has 0 radical (unpaired) electrons. The number of halogens is 1. The molecule has 4 nitrogen and oxygen atoms in total. The summed E-state index contributed by atoms with van der Waals surface area (Å²) in [7, 11) is 0. The van der Waals surface area contributed by atoms with Crippen molar-refractivity contribution in [1.82, 2.24) is 10.2 Å². The van der Waals surface area contributed by atoms with E-state index < -0.39 is 0 Å². The number of rotatable bonds is 6. The molecular formula is C17H23ClN2O2. The second kappa shape index (κ2) is 8.61. The van der Waals surface area contributed by atoms with Crippen molar-refractivity contribution in [1.29, 1.82) is 0 Å². The highest BCUT2D eigenvalue weighted by Gasteiger charge is 2.12. The van der Waals surface area contributed by atoms with Gasteiger partial charge in [-0.15, -0.1) is 12.4 Å². The first-order chi connectivity index (χ1) is 10.2. The zero-order valence-corrected chi connectivity index (χ0v) is 13.8. The quantitative estimate of drug-likeness (QED) is 0.859. The van der Waals surface area contributed by atoms with Gasteiger partial charge in [-0.05, 0) is 36.0 Å². The molecule has 0 aliphatic heterocycles. The molecule has 2 N–H and O–H groups in total. The summed E-state index contributed by atoms with van der Waals surface area (Å²) >= 11 is 0. The zero-order chi connectivity index (χ0) is 15.2. The third-order valence-corrected chi connectivity index (χ3v) is 3.72. The number of nitrogens with one attached hydrogen (secondary N) is 1. The lowest BCUT2D eigenvalue weighted by molar-refractivity contribution is 0.0946. The molecule has 2 rings (SSSR count). The number of fused-ring (bicyclic) bond motifs is 1. The van der Waals surface area contributed by atoms with Gasteiger partial charge >= 0.3 is 0 Å². The van der Waals surface area contributed by atoms with Gasteiger partial charge in [0, 0.05) is 13.1 Å². The largest absolute Gasteiger partial charge is 0.507 e. The van der Waals surface area contributed by atoms with Crippen LogP contribution in [0.15, 0.2) is 36.4 Å². The Balaban J connectivity index is 0.00000242. The van der Waals surface area contributed by atoms with E-state index in [4.69, 9.17) is 0 Å². The van der Waals surface area contributed by atoms with Gasteiger partial charge in [0.05, 0.1) is 5.56 Å². The topological polar surface area (TPSA) is 52.6 Å². The predicted octanol–water partition coefficient (Wildman–Crippen LogP) is 3.04. The average Bonchev–Trinajstić information content (AvgIpc) is 2.50. The van der Waals surface area contributed by atoms with Gasteiger partial charge in [-0.3, -0.25) is 4.79 Å². The van der Waals surface area contributed by atoms with Crippen molar-refractivity contribution >= 4 is 29.1 Å². The van der Waals surface area contributed by atoms with Crippen molar-refractivity contribution in [3.63, 3.8) is 0 Å². The molecule has 0 fully saturated rings. The van der Waals surface area contributed by atoms with Gasteiger partial charge in [-0.25, -0.2) is 0 Å². The molecule has 0 saturated carbocycles. The molecule has 2 aromatic carbocycles. The summed E-state index contributed by atoms with van der Waals surface area (Å²) in [5, 5.41) is 14.7.